The summed E-state index contributed by atoms with van der Waals surface area (Å²) in [6.07, 6.45) is 3.28. The first-order valence-corrected chi connectivity index (χ1v) is 6.78. The maximum Gasteiger partial charge on any atom is 0.0247 e. The molecule has 0 unspecified atom stereocenters. The molecular weight excluding hydrogens is 279 g/mol. The van der Waals surface area contributed by atoms with Gasteiger partial charge in [-0.15, -0.1) is 11.8 Å². The molecule has 0 fully saturated rings. The average molecular weight is 292 g/mol. The fourth-order valence-electron chi connectivity index (χ4n) is 1.19. The van der Waals surface area contributed by atoms with Crippen LogP contribution in [0, 0.1) is 0 Å². The largest absolute Gasteiger partial charge is 0.129 e. The van der Waals surface area contributed by atoms with E-state index >= 15 is 0 Å². The van der Waals surface area contributed by atoms with Crippen molar-refractivity contribution in [3.05, 3.63) is 29.3 Å². The number of hydrogen-bond acceptors (Lipinski definition) is 1. The van der Waals surface area contributed by atoms with Crippen LogP contribution < -0.4 is 0 Å². The van der Waals surface area contributed by atoms with Gasteiger partial charge in [-0.3, -0.25) is 0 Å². The maximum absolute atomic E-state index is 2.40. The van der Waals surface area contributed by atoms with Crippen molar-refractivity contribution in [2.24, 2.45) is 0 Å². The molecule has 0 atom stereocenters. The number of thioether (sulfide) groups is 1. The van der Waals surface area contributed by atoms with E-state index in [4.69, 9.17) is 0 Å². The highest BCUT2D eigenvalue weighted by Crippen LogP contribution is 2.22. The molecule has 12 heavy (non-hydrogen) atoms. The van der Waals surface area contributed by atoms with Crippen LogP contribution in [-0.2, 0) is 10.8 Å². The third-order valence-corrected chi connectivity index (χ3v) is 3.60. The van der Waals surface area contributed by atoms with E-state index in [0.29, 0.717) is 0 Å². The lowest BCUT2D eigenvalue weighted by Crippen LogP contribution is -1.87. The molecule has 1 aromatic carbocycles. The van der Waals surface area contributed by atoms with Crippen LogP contribution in [0.4, 0.5) is 0 Å². The number of rotatable bonds is 3. The minimum absolute atomic E-state index is 1.11. The Hall–Kier alpha value is 0.300. The molecule has 0 aromatic heterocycles. The molecule has 2 heteroatoms. The average Bonchev–Trinajstić information content (AvgIpc) is 2.16. The fraction of sp³-hybridized carbons (Fsp3) is 0.400. The summed E-state index contributed by atoms with van der Waals surface area (Å²) in [5.74, 6) is 0. The molecule has 1 aromatic rings. The van der Waals surface area contributed by atoms with Gasteiger partial charge in [0.05, 0.1) is 0 Å². The lowest BCUT2D eigenvalue weighted by molar-refractivity contribution is 1.07. The van der Waals surface area contributed by atoms with Gasteiger partial charge >= 0.3 is 0 Å². The molecule has 0 bridgehead atoms. The second kappa shape index (κ2) is 5.12. The van der Waals surface area contributed by atoms with E-state index in [1.165, 1.54) is 16.0 Å². The third-order valence-electron chi connectivity index (χ3n) is 1.88. The van der Waals surface area contributed by atoms with Crippen molar-refractivity contribution in [2.45, 2.75) is 22.7 Å². The molecule has 0 aliphatic carbocycles. The predicted molar refractivity (Wildman–Crippen MR) is 65.3 cm³/mol. The summed E-state index contributed by atoms with van der Waals surface area (Å²) in [4.78, 5) is 1.42. The molecular formula is C10H13IS. The van der Waals surface area contributed by atoms with Crippen molar-refractivity contribution >= 4 is 34.4 Å². The Bertz CT molecular complexity index is 258. The van der Waals surface area contributed by atoms with Crippen LogP contribution in [0.25, 0.3) is 0 Å². The van der Waals surface area contributed by atoms with Crippen molar-refractivity contribution < 1.29 is 0 Å². The van der Waals surface area contributed by atoms with Crippen LogP contribution in [0.1, 0.15) is 18.1 Å². The van der Waals surface area contributed by atoms with Crippen molar-refractivity contribution in [2.75, 3.05) is 6.26 Å². The lowest BCUT2D eigenvalue weighted by Gasteiger charge is -2.06. The fourth-order valence-corrected chi connectivity index (χ4v) is 2.34. The smallest absolute Gasteiger partial charge is 0.0247 e. The maximum atomic E-state index is 2.40. The van der Waals surface area contributed by atoms with Crippen LogP contribution in [-0.4, -0.2) is 6.26 Å². The van der Waals surface area contributed by atoms with Gasteiger partial charge in [0.1, 0.15) is 0 Å². The quantitative estimate of drug-likeness (QED) is 0.462. The Morgan fingerprint density at radius 3 is 2.67 bits per heavy atom. The highest BCUT2D eigenvalue weighted by molar-refractivity contribution is 14.1. The first-order valence-electron chi connectivity index (χ1n) is 4.03. The zero-order valence-electron chi connectivity index (χ0n) is 7.43. The SMILES string of the molecule is CCc1cc(CI)ccc1SC. The molecule has 0 aliphatic heterocycles. The first kappa shape index (κ1) is 10.4. The van der Waals surface area contributed by atoms with E-state index in [1.807, 2.05) is 11.8 Å². The monoisotopic (exact) mass is 292 g/mol. The van der Waals surface area contributed by atoms with Gasteiger partial charge in [0.15, 0.2) is 0 Å². The summed E-state index contributed by atoms with van der Waals surface area (Å²) in [6.45, 7) is 2.21. The summed E-state index contributed by atoms with van der Waals surface area (Å²) in [5, 5.41) is 0. The molecule has 0 saturated heterocycles. The number of halogens is 1. The summed E-state index contributed by atoms with van der Waals surface area (Å²) < 4.78 is 1.11. The predicted octanol–water partition coefficient (Wildman–Crippen LogP) is 3.91. The van der Waals surface area contributed by atoms with Crippen molar-refractivity contribution in [1.29, 1.82) is 0 Å². The van der Waals surface area contributed by atoms with E-state index in [9.17, 15) is 0 Å². The van der Waals surface area contributed by atoms with Crippen molar-refractivity contribution in [3.8, 4) is 0 Å². The van der Waals surface area contributed by atoms with Gasteiger partial charge in [0, 0.05) is 9.32 Å². The molecule has 0 spiro atoms. The van der Waals surface area contributed by atoms with E-state index in [2.05, 4.69) is 54.0 Å². The zero-order valence-corrected chi connectivity index (χ0v) is 10.4. The van der Waals surface area contributed by atoms with E-state index in [1.54, 1.807) is 0 Å². The molecule has 0 heterocycles. The number of benzene rings is 1. The minimum Gasteiger partial charge on any atom is -0.129 e. The van der Waals surface area contributed by atoms with E-state index in [-0.39, 0.29) is 0 Å². The van der Waals surface area contributed by atoms with Gasteiger partial charge in [-0.1, -0.05) is 41.6 Å². The van der Waals surface area contributed by atoms with Gasteiger partial charge in [0.2, 0.25) is 0 Å². The summed E-state index contributed by atoms with van der Waals surface area (Å²) in [7, 11) is 0. The Balaban J connectivity index is 3.02. The number of hydrogen-bond donors (Lipinski definition) is 0. The zero-order chi connectivity index (χ0) is 8.97. The molecule has 0 amide bonds. The van der Waals surface area contributed by atoms with E-state index < -0.39 is 0 Å². The highest BCUT2D eigenvalue weighted by Gasteiger charge is 1.99. The van der Waals surface area contributed by atoms with Crippen LogP contribution in [0.5, 0.6) is 0 Å². The molecule has 0 aliphatic rings. The van der Waals surface area contributed by atoms with Gasteiger partial charge in [0.25, 0.3) is 0 Å². The second-order valence-electron chi connectivity index (χ2n) is 2.63. The van der Waals surface area contributed by atoms with Crippen LogP contribution in [0.2, 0.25) is 0 Å². The van der Waals surface area contributed by atoms with Crippen molar-refractivity contribution in [3.63, 3.8) is 0 Å². The first-order chi connectivity index (χ1) is 5.81. The molecule has 0 N–H and O–H groups in total. The molecule has 66 valence electrons. The number of aryl methyl sites for hydroxylation is 1. The standard InChI is InChI=1S/C10H13IS/c1-3-9-6-8(7-11)4-5-10(9)12-2/h4-6H,3,7H2,1-2H3. The Morgan fingerprint density at radius 1 is 1.42 bits per heavy atom. The van der Waals surface area contributed by atoms with Gasteiger partial charge in [-0.2, -0.15) is 0 Å². The van der Waals surface area contributed by atoms with Crippen LogP contribution >= 0.6 is 34.4 Å². The summed E-state index contributed by atoms with van der Waals surface area (Å²) >= 11 is 4.24. The normalized spacial score (nSPS) is 10.2. The second-order valence-corrected chi connectivity index (χ2v) is 4.24. The van der Waals surface area contributed by atoms with Gasteiger partial charge in [-0.25, -0.2) is 0 Å². The molecule has 0 radical (unpaired) electrons. The Labute approximate surface area is 92.3 Å². The minimum atomic E-state index is 1.11. The summed E-state index contributed by atoms with van der Waals surface area (Å²) in [5.41, 5.74) is 2.92. The van der Waals surface area contributed by atoms with Crippen LogP contribution in [0.15, 0.2) is 23.1 Å². The third kappa shape index (κ3) is 2.39. The van der Waals surface area contributed by atoms with Gasteiger partial charge < -0.3 is 0 Å². The lowest BCUT2D eigenvalue weighted by atomic mass is 10.1. The molecule has 0 saturated carbocycles. The molecule has 1 rings (SSSR count). The Morgan fingerprint density at radius 2 is 2.17 bits per heavy atom. The van der Waals surface area contributed by atoms with Crippen LogP contribution in [0.3, 0.4) is 0 Å². The molecule has 0 nitrogen and oxygen atoms in total. The summed E-state index contributed by atoms with van der Waals surface area (Å²) in [6, 6.07) is 6.77. The topological polar surface area (TPSA) is 0 Å². The van der Waals surface area contributed by atoms with E-state index in [0.717, 1.165) is 10.8 Å². The Kier molecular flexibility index (Phi) is 4.43. The highest BCUT2D eigenvalue weighted by atomic mass is 127. The van der Waals surface area contributed by atoms with Gasteiger partial charge in [-0.05, 0) is 29.9 Å². The van der Waals surface area contributed by atoms with Crippen molar-refractivity contribution in [1.82, 2.24) is 0 Å². The number of alkyl halides is 1.